The molecule has 4 N–H and O–H groups in total. The molecule has 100 valence electrons. The molecule has 0 aromatic heterocycles. The Morgan fingerprint density at radius 1 is 1.39 bits per heavy atom. The highest BCUT2D eigenvalue weighted by atomic mass is 16.5. The van der Waals surface area contributed by atoms with Crippen molar-refractivity contribution in [2.45, 2.75) is 19.4 Å². The minimum Gasteiger partial charge on any atom is -0.491 e. The van der Waals surface area contributed by atoms with Crippen LogP contribution in [0.15, 0.2) is 18.2 Å². The number of nitrogens with two attached hydrogens (primary N) is 2. The molecule has 0 unspecified atom stereocenters. The maximum atomic E-state index is 11.3. The van der Waals surface area contributed by atoms with E-state index in [2.05, 4.69) is 0 Å². The number of amides is 1. The largest absolute Gasteiger partial charge is 0.491 e. The predicted octanol–water partition coefficient (Wildman–Crippen LogP) is 1.09. The second-order valence-corrected chi connectivity index (χ2v) is 5.12. The lowest BCUT2D eigenvalue weighted by atomic mass is 10.1. The molecule has 0 aliphatic carbocycles. The number of carbonyl (C=O) groups excluding carboxylic acids is 1. The van der Waals surface area contributed by atoms with E-state index in [0.29, 0.717) is 23.6 Å². The summed E-state index contributed by atoms with van der Waals surface area (Å²) in [4.78, 5) is 13.4. The lowest BCUT2D eigenvalue weighted by Crippen LogP contribution is -2.43. The van der Waals surface area contributed by atoms with Crippen LogP contribution in [0, 0.1) is 0 Å². The number of carbonyl (C=O) groups is 1. The van der Waals surface area contributed by atoms with Gasteiger partial charge in [-0.25, -0.2) is 0 Å². The van der Waals surface area contributed by atoms with Crippen molar-refractivity contribution in [3.05, 3.63) is 23.8 Å². The number of likely N-dealkylation sites (N-methyl/N-ethyl adjacent to an activating group) is 1. The van der Waals surface area contributed by atoms with Crippen molar-refractivity contribution in [1.82, 2.24) is 4.90 Å². The standard InChI is InChI=1S/C13H21N3O2/c1-13(2,16(3)4)8-18-11-6-5-9(14)7-10(11)12(15)17/h5-7H,8,14H2,1-4H3,(H2,15,17). The van der Waals surface area contributed by atoms with Crippen LogP contribution in [-0.2, 0) is 0 Å². The topological polar surface area (TPSA) is 81.6 Å². The Morgan fingerprint density at radius 3 is 2.50 bits per heavy atom. The van der Waals surface area contributed by atoms with Crippen LogP contribution >= 0.6 is 0 Å². The monoisotopic (exact) mass is 251 g/mol. The van der Waals surface area contributed by atoms with Gasteiger partial charge >= 0.3 is 0 Å². The van der Waals surface area contributed by atoms with Crippen LogP contribution in [0.2, 0.25) is 0 Å². The zero-order chi connectivity index (χ0) is 13.9. The van der Waals surface area contributed by atoms with Gasteiger partial charge in [0.25, 0.3) is 5.91 Å². The number of hydrogen-bond donors (Lipinski definition) is 2. The van der Waals surface area contributed by atoms with Crippen LogP contribution in [0.4, 0.5) is 5.69 Å². The molecule has 5 heteroatoms. The van der Waals surface area contributed by atoms with Crippen LogP contribution < -0.4 is 16.2 Å². The predicted molar refractivity (Wildman–Crippen MR) is 72.6 cm³/mol. The molecule has 0 fully saturated rings. The summed E-state index contributed by atoms with van der Waals surface area (Å²) in [7, 11) is 3.95. The summed E-state index contributed by atoms with van der Waals surface area (Å²) in [6, 6.07) is 4.88. The Bertz CT molecular complexity index is 442. The third kappa shape index (κ3) is 3.37. The van der Waals surface area contributed by atoms with E-state index in [-0.39, 0.29) is 5.54 Å². The number of nitrogens with zero attached hydrogens (tertiary/aromatic N) is 1. The van der Waals surface area contributed by atoms with Gasteiger partial charge in [-0.1, -0.05) is 0 Å². The molecule has 0 aliphatic rings. The van der Waals surface area contributed by atoms with E-state index in [9.17, 15) is 4.79 Å². The summed E-state index contributed by atoms with van der Waals surface area (Å²) in [5.74, 6) is -0.0772. The third-order valence-electron chi connectivity index (χ3n) is 3.06. The summed E-state index contributed by atoms with van der Waals surface area (Å²) in [5.41, 5.74) is 11.6. The molecule has 0 bridgehead atoms. The van der Waals surface area contributed by atoms with Gasteiger partial charge in [0.2, 0.25) is 0 Å². The average molecular weight is 251 g/mol. The molecule has 0 saturated carbocycles. The van der Waals surface area contributed by atoms with E-state index in [0.717, 1.165) is 0 Å². The second kappa shape index (κ2) is 5.27. The van der Waals surface area contributed by atoms with Gasteiger partial charge in [0.05, 0.1) is 5.56 Å². The van der Waals surface area contributed by atoms with Crippen molar-refractivity contribution in [3.63, 3.8) is 0 Å². The van der Waals surface area contributed by atoms with Crippen molar-refractivity contribution in [3.8, 4) is 5.75 Å². The van der Waals surface area contributed by atoms with Crippen LogP contribution in [-0.4, -0.2) is 37.0 Å². The molecular weight excluding hydrogens is 230 g/mol. The highest BCUT2D eigenvalue weighted by molar-refractivity contribution is 5.96. The molecule has 1 rings (SSSR count). The molecule has 1 aromatic carbocycles. The first-order valence-corrected chi connectivity index (χ1v) is 5.73. The van der Waals surface area contributed by atoms with Crippen molar-refractivity contribution in [2.24, 2.45) is 5.73 Å². The molecule has 0 heterocycles. The van der Waals surface area contributed by atoms with Crippen LogP contribution in [0.1, 0.15) is 24.2 Å². The fourth-order valence-corrected chi connectivity index (χ4v) is 1.25. The minimum absolute atomic E-state index is 0.143. The molecule has 0 saturated heterocycles. The number of rotatable bonds is 5. The lowest BCUT2D eigenvalue weighted by molar-refractivity contribution is 0.0976. The molecule has 1 aromatic rings. The van der Waals surface area contributed by atoms with E-state index >= 15 is 0 Å². The molecular formula is C13H21N3O2. The minimum atomic E-state index is -0.542. The molecule has 5 nitrogen and oxygen atoms in total. The first-order chi connectivity index (χ1) is 8.24. The zero-order valence-electron chi connectivity index (χ0n) is 11.4. The Labute approximate surface area is 108 Å². The Hall–Kier alpha value is -1.75. The second-order valence-electron chi connectivity index (χ2n) is 5.12. The summed E-state index contributed by atoms with van der Waals surface area (Å²) < 4.78 is 5.68. The molecule has 0 atom stereocenters. The summed E-state index contributed by atoms with van der Waals surface area (Å²) >= 11 is 0. The number of nitrogen functional groups attached to an aromatic ring is 1. The molecule has 0 spiro atoms. The van der Waals surface area contributed by atoms with Crippen molar-refractivity contribution >= 4 is 11.6 Å². The van der Waals surface area contributed by atoms with E-state index in [4.69, 9.17) is 16.2 Å². The van der Waals surface area contributed by atoms with Gasteiger partial charge in [-0.3, -0.25) is 4.79 Å². The van der Waals surface area contributed by atoms with Crippen LogP contribution in [0.5, 0.6) is 5.75 Å². The van der Waals surface area contributed by atoms with E-state index < -0.39 is 5.91 Å². The first-order valence-electron chi connectivity index (χ1n) is 5.73. The summed E-state index contributed by atoms with van der Waals surface area (Å²) in [6.45, 7) is 4.55. The number of hydrogen-bond acceptors (Lipinski definition) is 4. The van der Waals surface area contributed by atoms with Crippen LogP contribution in [0.3, 0.4) is 0 Å². The van der Waals surface area contributed by atoms with Gasteiger partial charge in [0.15, 0.2) is 0 Å². The van der Waals surface area contributed by atoms with E-state index in [1.165, 1.54) is 6.07 Å². The number of benzene rings is 1. The number of primary amides is 1. The smallest absolute Gasteiger partial charge is 0.252 e. The highest BCUT2D eigenvalue weighted by Crippen LogP contribution is 2.22. The SMILES string of the molecule is CN(C)C(C)(C)COc1ccc(N)cc1C(N)=O. The van der Waals surface area contributed by atoms with Crippen molar-refractivity contribution in [1.29, 1.82) is 0 Å². The average Bonchev–Trinajstić information content (AvgIpc) is 2.27. The maximum absolute atomic E-state index is 11.3. The Balaban J connectivity index is 2.89. The van der Waals surface area contributed by atoms with Crippen LogP contribution in [0.25, 0.3) is 0 Å². The lowest BCUT2D eigenvalue weighted by Gasteiger charge is -2.32. The van der Waals surface area contributed by atoms with Gasteiger partial charge in [-0.2, -0.15) is 0 Å². The van der Waals surface area contributed by atoms with Gasteiger partial charge in [0.1, 0.15) is 12.4 Å². The highest BCUT2D eigenvalue weighted by Gasteiger charge is 2.22. The zero-order valence-corrected chi connectivity index (χ0v) is 11.4. The first kappa shape index (κ1) is 14.3. The van der Waals surface area contributed by atoms with Gasteiger partial charge in [0, 0.05) is 11.2 Å². The summed E-state index contributed by atoms with van der Waals surface area (Å²) in [6.07, 6.45) is 0. The Morgan fingerprint density at radius 2 is 2.00 bits per heavy atom. The molecule has 1 amide bonds. The number of ether oxygens (including phenoxy) is 1. The summed E-state index contributed by atoms with van der Waals surface area (Å²) in [5, 5.41) is 0. The third-order valence-corrected chi connectivity index (χ3v) is 3.06. The van der Waals surface area contributed by atoms with E-state index in [1.807, 2.05) is 32.8 Å². The molecule has 0 aliphatic heterocycles. The Kier molecular flexibility index (Phi) is 4.19. The van der Waals surface area contributed by atoms with Crippen molar-refractivity contribution in [2.75, 3.05) is 26.4 Å². The number of anilines is 1. The normalized spacial score (nSPS) is 11.6. The van der Waals surface area contributed by atoms with Gasteiger partial charge in [-0.05, 0) is 46.1 Å². The van der Waals surface area contributed by atoms with Gasteiger partial charge < -0.3 is 21.1 Å². The van der Waals surface area contributed by atoms with Gasteiger partial charge in [-0.15, -0.1) is 0 Å². The quantitative estimate of drug-likeness (QED) is 0.767. The fraction of sp³-hybridized carbons (Fsp3) is 0.462. The van der Waals surface area contributed by atoms with E-state index in [1.54, 1.807) is 12.1 Å². The fourth-order valence-electron chi connectivity index (χ4n) is 1.25. The molecule has 0 radical (unpaired) electrons. The maximum Gasteiger partial charge on any atom is 0.252 e. The molecule has 18 heavy (non-hydrogen) atoms. The van der Waals surface area contributed by atoms with Crippen molar-refractivity contribution < 1.29 is 9.53 Å².